The molecular weight excluding hydrogens is 390 g/mol. The molecule has 0 saturated carbocycles. The molecule has 8 heteroatoms. The van der Waals surface area contributed by atoms with Gasteiger partial charge in [-0.25, -0.2) is 4.79 Å². The standard InChI is InChI=1S/C21H21N3O4S/c1-13-4-5-15(10-14(13)2)11-19-23-24-21(28-19)29-12-18(25)22-17-8-6-16(7-9-17)20(26)27-3/h4-10H,11-12H2,1-3H3,(H,22,25). The smallest absolute Gasteiger partial charge is 0.337 e. The molecule has 2 aromatic carbocycles. The lowest BCUT2D eigenvalue weighted by Crippen LogP contribution is -2.14. The third kappa shape index (κ3) is 5.68. The van der Waals surface area contributed by atoms with Crippen molar-refractivity contribution in [3.8, 4) is 0 Å². The second kappa shape index (κ2) is 9.38. The Morgan fingerprint density at radius 3 is 2.52 bits per heavy atom. The van der Waals surface area contributed by atoms with E-state index in [1.54, 1.807) is 24.3 Å². The lowest BCUT2D eigenvalue weighted by Gasteiger charge is -2.05. The van der Waals surface area contributed by atoms with Gasteiger partial charge in [0, 0.05) is 5.69 Å². The van der Waals surface area contributed by atoms with Gasteiger partial charge in [-0.05, 0) is 54.8 Å². The molecule has 0 spiro atoms. The van der Waals surface area contributed by atoms with Gasteiger partial charge >= 0.3 is 5.97 Å². The lowest BCUT2D eigenvalue weighted by atomic mass is 10.0. The molecule has 0 aliphatic heterocycles. The fraction of sp³-hybridized carbons (Fsp3) is 0.238. The molecule has 1 aromatic heterocycles. The first-order valence-corrected chi connectivity index (χ1v) is 9.92. The Kier molecular flexibility index (Phi) is 6.66. The van der Waals surface area contributed by atoms with Crippen LogP contribution in [0.3, 0.4) is 0 Å². The number of ether oxygens (including phenoxy) is 1. The Balaban J connectivity index is 1.50. The molecule has 7 nitrogen and oxygen atoms in total. The molecule has 0 bridgehead atoms. The minimum atomic E-state index is -0.425. The lowest BCUT2D eigenvalue weighted by molar-refractivity contribution is -0.113. The topological polar surface area (TPSA) is 94.3 Å². The van der Waals surface area contributed by atoms with Crippen molar-refractivity contribution in [3.05, 3.63) is 70.6 Å². The summed E-state index contributed by atoms with van der Waals surface area (Å²) in [6.07, 6.45) is 0.549. The van der Waals surface area contributed by atoms with Crippen LogP contribution in [0.2, 0.25) is 0 Å². The first-order chi connectivity index (χ1) is 13.9. The number of aryl methyl sites for hydroxylation is 2. The summed E-state index contributed by atoms with van der Waals surface area (Å²) in [7, 11) is 1.32. The second-order valence-corrected chi connectivity index (χ2v) is 7.39. The normalized spacial score (nSPS) is 10.6. The van der Waals surface area contributed by atoms with E-state index in [-0.39, 0.29) is 11.7 Å². The van der Waals surface area contributed by atoms with E-state index in [1.165, 1.54) is 30.0 Å². The molecule has 3 aromatic rings. The number of thioether (sulfide) groups is 1. The number of carbonyl (C=O) groups is 2. The predicted molar refractivity (Wildman–Crippen MR) is 110 cm³/mol. The van der Waals surface area contributed by atoms with Gasteiger partial charge < -0.3 is 14.5 Å². The number of methoxy groups -OCH3 is 1. The van der Waals surface area contributed by atoms with E-state index in [0.29, 0.717) is 28.8 Å². The van der Waals surface area contributed by atoms with Gasteiger partial charge in [-0.1, -0.05) is 30.0 Å². The minimum absolute atomic E-state index is 0.129. The van der Waals surface area contributed by atoms with E-state index >= 15 is 0 Å². The number of aromatic nitrogens is 2. The number of anilines is 1. The van der Waals surface area contributed by atoms with Crippen LogP contribution in [0, 0.1) is 13.8 Å². The highest BCUT2D eigenvalue weighted by molar-refractivity contribution is 7.99. The Morgan fingerprint density at radius 2 is 1.83 bits per heavy atom. The summed E-state index contributed by atoms with van der Waals surface area (Å²) < 4.78 is 10.3. The average molecular weight is 411 g/mol. The highest BCUT2D eigenvalue weighted by Gasteiger charge is 2.11. The first kappa shape index (κ1) is 20.6. The SMILES string of the molecule is COC(=O)c1ccc(NC(=O)CSc2nnc(Cc3ccc(C)c(C)c3)o2)cc1. The zero-order valence-corrected chi connectivity index (χ0v) is 17.2. The summed E-state index contributed by atoms with van der Waals surface area (Å²) in [5, 5.41) is 11.1. The number of amides is 1. The minimum Gasteiger partial charge on any atom is -0.465 e. The zero-order chi connectivity index (χ0) is 20.8. The summed E-state index contributed by atoms with van der Waals surface area (Å²) in [4.78, 5) is 23.5. The maximum absolute atomic E-state index is 12.1. The van der Waals surface area contributed by atoms with Crippen molar-refractivity contribution in [2.45, 2.75) is 25.5 Å². The number of hydrogen-bond donors (Lipinski definition) is 1. The molecule has 0 aliphatic carbocycles. The van der Waals surface area contributed by atoms with E-state index in [1.807, 2.05) is 6.07 Å². The molecule has 0 aliphatic rings. The molecule has 1 amide bonds. The second-order valence-electron chi connectivity index (χ2n) is 6.46. The fourth-order valence-electron chi connectivity index (χ4n) is 2.59. The Hall–Kier alpha value is -3.13. The van der Waals surface area contributed by atoms with Crippen LogP contribution in [0.25, 0.3) is 0 Å². The van der Waals surface area contributed by atoms with E-state index < -0.39 is 5.97 Å². The predicted octanol–water partition coefficient (Wildman–Crippen LogP) is 3.79. The van der Waals surface area contributed by atoms with Gasteiger partial charge in [0.1, 0.15) is 0 Å². The van der Waals surface area contributed by atoms with Crippen molar-refractivity contribution in [3.63, 3.8) is 0 Å². The van der Waals surface area contributed by atoms with Crippen LogP contribution in [0.4, 0.5) is 5.69 Å². The van der Waals surface area contributed by atoms with Gasteiger partial charge in [-0.2, -0.15) is 0 Å². The van der Waals surface area contributed by atoms with Crippen LogP contribution in [0.5, 0.6) is 0 Å². The number of benzene rings is 2. The van der Waals surface area contributed by atoms with Crippen LogP contribution in [-0.2, 0) is 16.0 Å². The number of nitrogens with one attached hydrogen (secondary N) is 1. The van der Waals surface area contributed by atoms with Crippen LogP contribution in [0.1, 0.15) is 32.9 Å². The van der Waals surface area contributed by atoms with Crippen molar-refractivity contribution in [2.75, 3.05) is 18.2 Å². The number of nitrogens with zero attached hydrogens (tertiary/aromatic N) is 2. The molecule has 1 N–H and O–H groups in total. The highest BCUT2D eigenvalue weighted by atomic mass is 32.2. The van der Waals surface area contributed by atoms with E-state index in [9.17, 15) is 9.59 Å². The maximum atomic E-state index is 12.1. The van der Waals surface area contributed by atoms with Gasteiger partial charge in [0.15, 0.2) is 0 Å². The van der Waals surface area contributed by atoms with Crippen LogP contribution >= 0.6 is 11.8 Å². The van der Waals surface area contributed by atoms with Crippen molar-refractivity contribution < 1.29 is 18.7 Å². The van der Waals surface area contributed by atoms with Crippen LogP contribution < -0.4 is 5.32 Å². The Bertz CT molecular complexity index is 1020. The van der Waals surface area contributed by atoms with Gasteiger partial charge in [-0.15, -0.1) is 10.2 Å². The van der Waals surface area contributed by atoms with Gasteiger partial charge in [-0.3, -0.25) is 4.79 Å². The summed E-state index contributed by atoms with van der Waals surface area (Å²) in [6.45, 7) is 4.13. The van der Waals surface area contributed by atoms with Crippen LogP contribution in [0.15, 0.2) is 52.1 Å². The average Bonchev–Trinajstić information content (AvgIpc) is 3.16. The zero-order valence-electron chi connectivity index (χ0n) is 16.4. The molecule has 1 heterocycles. The highest BCUT2D eigenvalue weighted by Crippen LogP contribution is 2.19. The van der Waals surface area contributed by atoms with Gasteiger partial charge in [0.2, 0.25) is 11.8 Å². The molecule has 0 atom stereocenters. The third-order valence-electron chi connectivity index (χ3n) is 4.29. The summed E-state index contributed by atoms with van der Waals surface area (Å²) in [5.74, 6) is 0.0000272. The van der Waals surface area contributed by atoms with Crippen molar-refractivity contribution >= 4 is 29.3 Å². The number of esters is 1. The molecular formula is C21H21N3O4S. The monoisotopic (exact) mass is 411 g/mol. The molecule has 0 fully saturated rings. The number of carbonyl (C=O) groups excluding carboxylic acids is 2. The quantitative estimate of drug-likeness (QED) is 0.467. The molecule has 3 rings (SSSR count). The van der Waals surface area contributed by atoms with E-state index in [2.05, 4.69) is 46.2 Å². The fourth-order valence-corrected chi connectivity index (χ4v) is 3.17. The van der Waals surface area contributed by atoms with Gasteiger partial charge in [0.05, 0.1) is 24.8 Å². The number of hydrogen-bond acceptors (Lipinski definition) is 7. The van der Waals surface area contributed by atoms with Crippen molar-refractivity contribution in [2.24, 2.45) is 0 Å². The van der Waals surface area contributed by atoms with E-state index in [0.717, 1.165) is 5.56 Å². The summed E-state index contributed by atoms with van der Waals surface area (Å²) >= 11 is 1.17. The van der Waals surface area contributed by atoms with Crippen molar-refractivity contribution in [1.29, 1.82) is 0 Å². The largest absolute Gasteiger partial charge is 0.465 e. The van der Waals surface area contributed by atoms with E-state index in [4.69, 9.17) is 4.42 Å². The van der Waals surface area contributed by atoms with Crippen molar-refractivity contribution in [1.82, 2.24) is 10.2 Å². The molecule has 150 valence electrons. The molecule has 0 radical (unpaired) electrons. The molecule has 0 unspecified atom stereocenters. The van der Waals surface area contributed by atoms with Gasteiger partial charge in [0.25, 0.3) is 5.22 Å². The number of rotatable bonds is 7. The Labute approximate surface area is 172 Å². The summed E-state index contributed by atoms with van der Waals surface area (Å²) in [6, 6.07) is 12.7. The maximum Gasteiger partial charge on any atom is 0.337 e. The third-order valence-corrected chi connectivity index (χ3v) is 5.11. The van der Waals surface area contributed by atoms with Crippen LogP contribution in [-0.4, -0.2) is 34.9 Å². The summed E-state index contributed by atoms with van der Waals surface area (Å²) in [5.41, 5.74) is 4.56. The first-order valence-electron chi connectivity index (χ1n) is 8.94. The Morgan fingerprint density at radius 1 is 1.07 bits per heavy atom. The molecule has 0 saturated heterocycles. The molecule has 29 heavy (non-hydrogen) atoms.